The number of carboxylic acid groups (broad SMARTS) is 1. The van der Waals surface area contributed by atoms with Crippen LogP contribution in [0.5, 0.6) is 17.2 Å². The molecule has 1 aromatic heterocycles. The van der Waals surface area contributed by atoms with Crippen LogP contribution in [-0.4, -0.2) is 31.9 Å². The van der Waals surface area contributed by atoms with E-state index >= 15 is 0 Å². The van der Waals surface area contributed by atoms with E-state index < -0.39 is 5.97 Å². The minimum Gasteiger partial charge on any atom is -0.494 e. The number of benzene rings is 3. The highest BCUT2D eigenvalue weighted by atomic mass is 16.5. The van der Waals surface area contributed by atoms with E-state index in [1.165, 1.54) is 12.1 Å². The molecule has 0 aliphatic rings. The van der Waals surface area contributed by atoms with Crippen molar-refractivity contribution in [2.45, 2.75) is 6.92 Å². The largest absolute Gasteiger partial charge is 0.494 e. The first kappa shape index (κ1) is 22.0. The van der Waals surface area contributed by atoms with Gasteiger partial charge in [-0.15, -0.1) is 0 Å². The zero-order valence-electron chi connectivity index (χ0n) is 18.5. The van der Waals surface area contributed by atoms with Gasteiger partial charge in [0.15, 0.2) is 11.5 Å². The summed E-state index contributed by atoms with van der Waals surface area (Å²) in [5.74, 6) is 1.51. The van der Waals surface area contributed by atoms with Gasteiger partial charge in [0.1, 0.15) is 17.1 Å². The van der Waals surface area contributed by atoms with Crippen molar-refractivity contribution in [2.24, 2.45) is 4.99 Å². The van der Waals surface area contributed by atoms with Gasteiger partial charge in [0.05, 0.1) is 37.4 Å². The number of aromatic carboxylic acids is 1. The highest BCUT2D eigenvalue weighted by Crippen LogP contribution is 2.33. The van der Waals surface area contributed by atoms with Crippen molar-refractivity contribution in [3.05, 3.63) is 77.7 Å². The number of carboxylic acids is 1. The van der Waals surface area contributed by atoms with Crippen molar-refractivity contribution in [3.63, 3.8) is 0 Å². The van der Waals surface area contributed by atoms with Crippen LogP contribution in [0.2, 0.25) is 0 Å². The number of fused-ring (bicyclic) bond motifs is 1. The molecule has 0 aliphatic heterocycles. The summed E-state index contributed by atoms with van der Waals surface area (Å²) in [6.07, 6.45) is 0. The van der Waals surface area contributed by atoms with Crippen LogP contribution in [0.4, 0.5) is 5.69 Å². The van der Waals surface area contributed by atoms with Gasteiger partial charge in [-0.3, -0.25) is 0 Å². The Morgan fingerprint density at radius 1 is 0.939 bits per heavy atom. The zero-order chi connectivity index (χ0) is 23.4. The van der Waals surface area contributed by atoms with Crippen LogP contribution in [0.15, 0.2) is 76.1 Å². The monoisotopic (exact) mass is 445 g/mol. The number of carbonyl (C=O) groups is 1. The number of hydrogen-bond donors (Lipinski definition) is 1. The SMILES string of the molecule is CCOc1ccc2oc(-c3ccc(OC)c(OC)c3)cc(=Nc3ccc(C(=O)O)cc3)c2c1. The Morgan fingerprint density at radius 2 is 1.70 bits per heavy atom. The summed E-state index contributed by atoms with van der Waals surface area (Å²) in [7, 11) is 3.16. The molecule has 4 aromatic rings. The van der Waals surface area contributed by atoms with Crippen LogP contribution in [0.25, 0.3) is 22.3 Å². The predicted molar refractivity (Wildman–Crippen MR) is 125 cm³/mol. The van der Waals surface area contributed by atoms with Crippen molar-refractivity contribution >= 4 is 22.6 Å². The highest BCUT2D eigenvalue weighted by molar-refractivity contribution is 5.88. The molecule has 0 atom stereocenters. The zero-order valence-corrected chi connectivity index (χ0v) is 18.5. The van der Waals surface area contributed by atoms with Crippen LogP contribution < -0.4 is 19.6 Å². The third kappa shape index (κ3) is 4.67. The lowest BCUT2D eigenvalue weighted by Crippen LogP contribution is -2.04. The van der Waals surface area contributed by atoms with Crippen molar-refractivity contribution in [2.75, 3.05) is 20.8 Å². The summed E-state index contributed by atoms with van der Waals surface area (Å²) in [6.45, 7) is 2.46. The van der Waals surface area contributed by atoms with Gasteiger partial charge in [0.2, 0.25) is 0 Å². The molecule has 7 nitrogen and oxygen atoms in total. The molecule has 3 aromatic carbocycles. The average Bonchev–Trinajstić information content (AvgIpc) is 2.84. The molecule has 168 valence electrons. The topological polar surface area (TPSA) is 90.5 Å². The van der Waals surface area contributed by atoms with Crippen LogP contribution in [0.1, 0.15) is 17.3 Å². The second-order valence-electron chi connectivity index (χ2n) is 7.12. The van der Waals surface area contributed by atoms with Crippen LogP contribution >= 0.6 is 0 Å². The minimum atomic E-state index is -0.984. The van der Waals surface area contributed by atoms with E-state index in [0.29, 0.717) is 46.2 Å². The summed E-state index contributed by atoms with van der Waals surface area (Å²) in [5.41, 5.74) is 2.24. The lowest BCUT2D eigenvalue weighted by molar-refractivity contribution is 0.0697. The summed E-state index contributed by atoms with van der Waals surface area (Å²) >= 11 is 0. The van der Waals surface area contributed by atoms with E-state index in [4.69, 9.17) is 28.7 Å². The molecule has 4 rings (SSSR count). The van der Waals surface area contributed by atoms with Gasteiger partial charge in [-0.25, -0.2) is 9.79 Å². The molecule has 0 saturated carbocycles. The molecular formula is C26H23NO6. The molecule has 0 radical (unpaired) electrons. The van der Waals surface area contributed by atoms with E-state index in [-0.39, 0.29) is 5.56 Å². The van der Waals surface area contributed by atoms with Crippen LogP contribution in [-0.2, 0) is 0 Å². The Labute approximate surface area is 190 Å². The average molecular weight is 445 g/mol. The first-order valence-corrected chi connectivity index (χ1v) is 10.3. The molecule has 0 fully saturated rings. The van der Waals surface area contributed by atoms with Gasteiger partial charge in [0, 0.05) is 17.0 Å². The van der Waals surface area contributed by atoms with Gasteiger partial charge in [0.25, 0.3) is 0 Å². The molecular weight excluding hydrogens is 422 g/mol. The number of ether oxygens (including phenoxy) is 3. The highest BCUT2D eigenvalue weighted by Gasteiger charge is 2.11. The molecule has 0 bridgehead atoms. The molecule has 0 aliphatic carbocycles. The number of methoxy groups -OCH3 is 2. The number of nitrogens with zero attached hydrogens (tertiary/aromatic N) is 1. The maximum atomic E-state index is 11.2. The Kier molecular flexibility index (Phi) is 6.31. The van der Waals surface area contributed by atoms with E-state index in [1.807, 2.05) is 49.4 Å². The van der Waals surface area contributed by atoms with E-state index in [0.717, 1.165) is 10.9 Å². The second-order valence-corrected chi connectivity index (χ2v) is 7.12. The van der Waals surface area contributed by atoms with E-state index in [2.05, 4.69) is 0 Å². The van der Waals surface area contributed by atoms with Gasteiger partial charge < -0.3 is 23.7 Å². The Morgan fingerprint density at radius 3 is 2.36 bits per heavy atom. The van der Waals surface area contributed by atoms with Crippen LogP contribution in [0, 0.1) is 0 Å². The van der Waals surface area contributed by atoms with Crippen molar-refractivity contribution in [3.8, 4) is 28.6 Å². The molecule has 33 heavy (non-hydrogen) atoms. The normalized spacial score (nSPS) is 11.4. The maximum Gasteiger partial charge on any atom is 0.335 e. The Balaban J connectivity index is 1.92. The minimum absolute atomic E-state index is 0.200. The standard InChI is InChI=1S/C26H23NO6/c1-4-32-19-10-12-22-20(14-19)21(27-18-8-5-16(6-9-18)26(28)29)15-24(33-22)17-7-11-23(30-2)25(13-17)31-3/h5-15H,4H2,1-3H3,(H,28,29). The molecule has 1 heterocycles. The third-order valence-corrected chi connectivity index (χ3v) is 5.06. The summed E-state index contributed by atoms with van der Waals surface area (Å²) in [6, 6.07) is 19.3. The first-order valence-electron chi connectivity index (χ1n) is 10.3. The van der Waals surface area contributed by atoms with E-state index in [9.17, 15) is 4.79 Å². The molecule has 0 amide bonds. The third-order valence-electron chi connectivity index (χ3n) is 5.06. The lowest BCUT2D eigenvalue weighted by Gasteiger charge is -2.11. The van der Waals surface area contributed by atoms with E-state index in [1.54, 1.807) is 26.4 Å². The maximum absolute atomic E-state index is 11.2. The summed E-state index contributed by atoms with van der Waals surface area (Å²) in [4.78, 5) is 15.9. The molecule has 0 unspecified atom stereocenters. The van der Waals surface area contributed by atoms with Crippen molar-refractivity contribution in [1.82, 2.24) is 0 Å². The molecule has 0 saturated heterocycles. The fraction of sp³-hybridized carbons (Fsp3) is 0.154. The van der Waals surface area contributed by atoms with Crippen molar-refractivity contribution < 1.29 is 28.5 Å². The molecule has 1 N–H and O–H groups in total. The van der Waals surface area contributed by atoms with Gasteiger partial charge in [-0.1, -0.05) is 0 Å². The number of hydrogen-bond acceptors (Lipinski definition) is 6. The Bertz CT molecular complexity index is 1370. The van der Waals surface area contributed by atoms with Gasteiger partial charge >= 0.3 is 5.97 Å². The lowest BCUT2D eigenvalue weighted by atomic mass is 10.1. The van der Waals surface area contributed by atoms with Gasteiger partial charge in [-0.05, 0) is 67.6 Å². The van der Waals surface area contributed by atoms with Crippen LogP contribution in [0.3, 0.4) is 0 Å². The second kappa shape index (κ2) is 9.48. The predicted octanol–water partition coefficient (Wildman–Crippen LogP) is 5.45. The quantitative estimate of drug-likeness (QED) is 0.407. The molecule has 0 spiro atoms. The fourth-order valence-electron chi connectivity index (χ4n) is 3.45. The fourth-order valence-corrected chi connectivity index (χ4v) is 3.45. The molecule has 7 heteroatoms. The number of rotatable bonds is 7. The first-order chi connectivity index (χ1) is 16.0. The Hall–Kier alpha value is -4.26. The summed E-state index contributed by atoms with van der Waals surface area (Å²) < 4.78 is 22.6. The van der Waals surface area contributed by atoms with Crippen molar-refractivity contribution in [1.29, 1.82) is 0 Å². The smallest absolute Gasteiger partial charge is 0.335 e. The van der Waals surface area contributed by atoms with Gasteiger partial charge in [-0.2, -0.15) is 0 Å². The summed E-state index contributed by atoms with van der Waals surface area (Å²) in [5, 5.41) is 10.6.